The number of carbonyl (C=O) groups is 1. The van der Waals surface area contributed by atoms with Crippen LogP contribution in [0.2, 0.25) is 10.0 Å². The van der Waals surface area contributed by atoms with E-state index in [0.717, 1.165) is 0 Å². The Hall–Kier alpha value is -3.04. The summed E-state index contributed by atoms with van der Waals surface area (Å²) in [6, 6.07) is 21.7. The molecule has 0 aliphatic carbocycles. The van der Waals surface area contributed by atoms with E-state index in [1.54, 1.807) is 72.8 Å². The highest BCUT2D eigenvalue weighted by molar-refractivity contribution is 6.31. The summed E-state index contributed by atoms with van der Waals surface area (Å²) < 4.78 is 0. The van der Waals surface area contributed by atoms with Crippen molar-refractivity contribution in [3.63, 3.8) is 0 Å². The first-order valence-corrected chi connectivity index (χ1v) is 11.0. The third-order valence-electron chi connectivity index (χ3n) is 4.85. The highest BCUT2D eigenvalue weighted by Gasteiger charge is 2.51. The van der Waals surface area contributed by atoms with Crippen molar-refractivity contribution in [1.29, 1.82) is 5.26 Å². The number of nitriles is 1. The van der Waals surface area contributed by atoms with Gasteiger partial charge in [0.15, 0.2) is 5.72 Å². The van der Waals surface area contributed by atoms with Gasteiger partial charge in [0.2, 0.25) is 0 Å². The van der Waals surface area contributed by atoms with Crippen molar-refractivity contribution >= 4 is 40.6 Å². The summed E-state index contributed by atoms with van der Waals surface area (Å²) in [5.41, 5.74) is 0.240. The van der Waals surface area contributed by atoms with Crippen molar-refractivity contribution in [2.75, 3.05) is 16.3 Å². The molecule has 164 valence electrons. The molecular weight excluding hydrogens is 445 g/mol. The fraction of sp³-hybridized carbons (Fsp3) is 0.200. The molecule has 1 heterocycles. The molecule has 4 rings (SSSR count). The third kappa shape index (κ3) is 4.73. The topological polar surface area (TPSA) is 67.6 Å². The Labute approximate surface area is 198 Å². The molecule has 1 saturated heterocycles. The Morgan fingerprint density at radius 2 is 1.50 bits per heavy atom. The van der Waals surface area contributed by atoms with Crippen LogP contribution in [0.1, 0.15) is 31.4 Å². The zero-order valence-corrected chi connectivity index (χ0v) is 19.3. The molecule has 3 aromatic carbocycles. The predicted molar refractivity (Wildman–Crippen MR) is 129 cm³/mol. The van der Waals surface area contributed by atoms with Gasteiger partial charge in [-0.15, -0.1) is 0 Å². The maximum absolute atomic E-state index is 13.4. The highest BCUT2D eigenvalue weighted by Crippen LogP contribution is 2.40. The van der Waals surface area contributed by atoms with Gasteiger partial charge >= 0.3 is 6.03 Å². The Morgan fingerprint density at radius 3 is 2.03 bits per heavy atom. The van der Waals surface area contributed by atoms with Gasteiger partial charge in [0.25, 0.3) is 0 Å². The summed E-state index contributed by atoms with van der Waals surface area (Å²) in [4.78, 5) is 16.2. The maximum atomic E-state index is 13.4. The van der Waals surface area contributed by atoms with Crippen LogP contribution in [-0.4, -0.2) is 17.7 Å². The number of hydrogen-bond acceptors (Lipinski definition) is 3. The van der Waals surface area contributed by atoms with E-state index in [9.17, 15) is 15.2 Å². The van der Waals surface area contributed by atoms with E-state index in [0.29, 0.717) is 32.5 Å². The number of β-amino-alcohol motifs (C(OH)–C–C–N with tert-alkyl or cyclic N) is 1. The van der Waals surface area contributed by atoms with Crippen molar-refractivity contribution in [3.05, 3.63) is 94.0 Å². The molecule has 7 heteroatoms. The monoisotopic (exact) mass is 467 g/mol. The van der Waals surface area contributed by atoms with Crippen LogP contribution in [-0.2, 0) is 5.72 Å². The normalized spacial score (nSPS) is 17.6. The molecule has 1 aliphatic heterocycles. The first kappa shape index (κ1) is 23.6. The van der Waals surface area contributed by atoms with E-state index < -0.39 is 11.8 Å². The van der Waals surface area contributed by atoms with E-state index in [1.165, 1.54) is 16.2 Å². The number of halogens is 2. The minimum Gasteiger partial charge on any atom is -0.365 e. The predicted octanol–water partition coefficient (Wildman–Crippen LogP) is 6.57. The van der Waals surface area contributed by atoms with Gasteiger partial charge < -0.3 is 5.11 Å². The van der Waals surface area contributed by atoms with Gasteiger partial charge in [-0.25, -0.2) is 4.79 Å². The number of amides is 2. The standard InChI is InChI=1S/C22H15Cl2N3O2.C3H8/c23-17-4-8-19(9-5-17)26-14-22(29,16-3-1-2-15(12-16)13-25)27(21(26)28)20-10-6-18(24)7-11-20;1-3-2/h1-12,29H,14H2;3H2,1-2H3. The fourth-order valence-electron chi connectivity index (χ4n) is 3.43. The number of anilines is 2. The largest absolute Gasteiger partial charge is 0.365 e. The van der Waals surface area contributed by atoms with Gasteiger partial charge in [-0.05, 0) is 60.7 Å². The van der Waals surface area contributed by atoms with Gasteiger partial charge in [-0.2, -0.15) is 5.26 Å². The number of carbonyl (C=O) groups excluding carboxylic acids is 1. The van der Waals surface area contributed by atoms with Crippen molar-refractivity contribution in [1.82, 2.24) is 0 Å². The van der Waals surface area contributed by atoms with Crippen LogP contribution in [0, 0.1) is 11.3 Å². The maximum Gasteiger partial charge on any atom is 0.331 e. The molecule has 1 atom stereocenters. The number of benzene rings is 3. The molecule has 0 bridgehead atoms. The molecule has 0 saturated carbocycles. The lowest BCUT2D eigenvalue weighted by molar-refractivity contribution is 0.0655. The Bertz CT molecular complexity index is 1130. The zero-order chi connectivity index (χ0) is 23.3. The van der Waals surface area contributed by atoms with Crippen LogP contribution in [0.15, 0.2) is 72.8 Å². The molecule has 1 unspecified atom stereocenters. The van der Waals surface area contributed by atoms with Gasteiger partial charge in [-0.1, -0.05) is 55.6 Å². The van der Waals surface area contributed by atoms with Gasteiger partial charge in [0.1, 0.15) is 0 Å². The smallest absolute Gasteiger partial charge is 0.331 e. The average Bonchev–Trinajstić information content (AvgIpc) is 3.07. The van der Waals surface area contributed by atoms with Crippen LogP contribution in [0.5, 0.6) is 0 Å². The first-order chi connectivity index (χ1) is 15.3. The molecular formula is C25H23Cl2N3O2. The van der Waals surface area contributed by atoms with Crippen molar-refractivity contribution in [3.8, 4) is 6.07 Å². The summed E-state index contributed by atoms with van der Waals surface area (Å²) in [7, 11) is 0. The lowest BCUT2D eigenvalue weighted by Gasteiger charge is -2.32. The van der Waals surface area contributed by atoms with E-state index in [2.05, 4.69) is 19.9 Å². The van der Waals surface area contributed by atoms with Crippen LogP contribution in [0.3, 0.4) is 0 Å². The summed E-state index contributed by atoms with van der Waals surface area (Å²) in [5.74, 6) is 0. The molecule has 3 aromatic rings. The van der Waals surface area contributed by atoms with Crippen LogP contribution in [0.25, 0.3) is 0 Å². The van der Waals surface area contributed by atoms with Crippen molar-refractivity contribution in [2.24, 2.45) is 0 Å². The molecule has 5 nitrogen and oxygen atoms in total. The zero-order valence-electron chi connectivity index (χ0n) is 17.8. The second-order valence-electron chi connectivity index (χ2n) is 7.37. The Balaban J connectivity index is 0.000000913. The van der Waals surface area contributed by atoms with Crippen LogP contribution < -0.4 is 9.80 Å². The summed E-state index contributed by atoms with van der Waals surface area (Å²) >= 11 is 12.0. The lowest BCUT2D eigenvalue weighted by Crippen LogP contribution is -2.44. The quantitative estimate of drug-likeness (QED) is 0.473. The second-order valence-corrected chi connectivity index (χ2v) is 8.25. The first-order valence-electron chi connectivity index (χ1n) is 10.2. The molecule has 2 amide bonds. The van der Waals surface area contributed by atoms with E-state index in [4.69, 9.17) is 23.2 Å². The van der Waals surface area contributed by atoms with Gasteiger partial charge in [0, 0.05) is 27.0 Å². The third-order valence-corrected chi connectivity index (χ3v) is 5.35. The summed E-state index contributed by atoms with van der Waals surface area (Å²) in [5, 5.41) is 22.0. The number of aliphatic hydroxyl groups is 1. The number of nitrogens with zero attached hydrogens (tertiary/aromatic N) is 3. The molecule has 0 spiro atoms. The molecule has 0 radical (unpaired) electrons. The second kappa shape index (κ2) is 10.1. The number of urea groups is 1. The molecule has 0 aromatic heterocycles. The number of rotatable bonds is 3. The van der Waals surface area contributed by atoms with E-state index in [1.807, 2.05) is 0 Å². The van der Waals surface area contributed by atoms with Gasteiger partial charge in [-0.3, -0.25) is 9.80 Å². The summed E-state index contributed by atoms with van der Waals surface area (Å²) in [6.45, 7) is 4.23. The number of hydrogen-bond donors (Lipinski definition) is 1. The molecule has 1 aliphatic rings. The molecule has 1 fully saturated rings. The Morgan fingerprint density at radius 1 is 0.969 bits per heavy atom. The minimum atomic E-state index is -1.68. The minimum absolute atomic E-state index is 0.0228. The van der Waals surface area contributed by atoms with E-state index in [-0.39, 0.29) is 6.54 Å². The van der Waals surface area contributed by atoms with Gasteiger partial charge in [0.05, 0.1) is 18.2 Å². The van der Waals surface area contributed by atoms with Crippen LogP contribution in [0.4, 0.5) is 16.2 Å². The average molecular weight is 468 g/mol. The summed E-state index contributed by atoms with van der Waals surface area (Å²) in [6.07, 6.45) is 1.25. The van der Waals surface area contributed by atoms with E-state index >= 15 is 0 Å². The molecule has 32 heavy (non-hydrogen) atoms. The van der Waals surface area contributed by atoms with Crippen LogP contribution >= 0.6 is 23.2 Å². The highest BCUT2D eigenvalue weighted by atomic mass is 35.5. The fourth-order valence-corrected chi connectivity index (χ4v) is 3.68. The SMILES string of the molecule is CCC.N#Cc1cccc(C2(O)CN(c3ccc(Cl)cc3)C(=O)N2c2ccc(Cl)cc2)c1. The Kier molecular flexibility index (Phi) is 7.42. The van der Waals surface area contributed by atoms with Crippen molar-refractivity contribution < 1.29 is 9.90 Å². The molecule has 1 N–H and O–H groups in total. The van der Waals surface area contributed by atoms with Crippen molar-refractivity contribution in [2.45, 2.75) is 26.0 Å². The lowest BCUT2D eigenvalue weighted by atomic mass is 9.99.